The van der Waals surface area contributed by atoms with Crippen molar-refractivity contribution < 1.29 is 0 Å². The number of para-hydroxylation sites is 4. The number of thiophene rings is 1. The summed E-state index contributed by atoms with van der Waals surface area (Å²) in [7, 11) is 0. The van der Waals surface area contributed by atoms with Crippen molar-refractivity contribution in [2.24, 2.45) is 0 Å². The van der Waals surface area contributed by atoms with Gasteiger partial charge in [0.15, 0.2) is 0 Å². The van der Waals surface area contributed by atoms with Gasteiger partial charge >= 0.3 is 0 Å². The maximum atomic E-state index is 2.45. The molecule has 10 aromatic rings. The Hall–Kier alpha value is -6.62. The van der Waals surface area contributed by atoms with Gasteiger partial charge in [-0.3, -0.25) is 0 Å². The molecule has 52 heavy (non-hydrogen) atoms. The molecule has 2 heterocycles. The zero-order chi connectivity index (χ0) is 34.4. The number of aromatic nitrogens is 1. The number of fused-ring (bicyclic) bond motifs is 7. The standard InChI is InChI=1S/C48H33N3S/c1-5-15-34(16-6-1)49(35-17-7-2-8-18-35)38-25-27-39(28-26-38)51-44-32-31-42-41-23-13-14-24-46(41)52-48(42)47(44)43-30-29-40(33-45(43)51)50(36-19-9-3-10-20-36)37-21-11-4-12-22-37/h1-33H. The van der Waals surface area contributed by atoms with Crippen molar-refractivity contribution in [3.8, 4) is 5.69 Å². The third kappa shape index (κ3) is 5.04. The van der Waals surface area contributed by atoms with Gasteiger partial charge in [0, 0.05) is 70.8 Å². The Balaban J connectivity index is 1.21. The van der Waals surface area contributed by atoms with Crippen molar-refractivity contribution in [3.63, 3.8) is 0 Å². The van der Waals surface area contributed by atoms with Crippen molar-refractivity contribution in [1.29, 1.82) is 0 Å². The van der Waals surface area contributed by atoms with Gasteiger partial charge in [0.1, 0.15) is 0 Å². The van der Waals surface area contributed by atoms with E-state index < -0.39 is 0 Å². The van der Waals surface area contributed by atoms with Gasteiger partial charge in [0.05, 0.1) is 11.0 Å². The van der Waals surface area contributed by atoms with Crippen LogP contribution in [0.5, 0.6) is 0 Å². The van der Waals surface area contributed by atoms with Crippen LogP contribution in [0.3, 0.4) is 0 Å². The second kappa shape index (κ2) is 12.6. The van der Waals surface area contributed by atoms with Gasteiger partial charge in [0.2, 0.25) is 0 Å². The Morgan fingerprint density at radius 1 is 0.346 bits per heavy atom. The molecule has 0 spiro atoms. The third-order valence-corrected chi connectivity index (χ3v) is 11.1. The number of benzene rings is 8. The molecular formula is C48H33N3S. The maximum absolute atomic E-state index is 2.45. The maximum Gasteiger partial charge on any atom is 0.0562 e. The van der Waals surface area contributed by atoms with Gasteiger partial charge in [0.25, 0.3) is 0 Å². The molecule has 2 aromatic heterocycles. The summed E-state index contributed by atoms with van der Waals surface area (Å²) in [5, 5.41) is 5.16. The average molecular weight is 684 g/mol. The number of hydrogen-bond donors (Lipinski definition) is 0. The highest BCUT2D eigenvalue weighted by atomic mass is 32.1. The lowest BCUT2D eigenvalue weighted by Gasteiger charge is -2.26. The minimum absolute atomic E-state index is 1.11. The van der Waals surface area contributed by atoms with Crippen LogP contribution in [-0.2, 0) is 0 Å². The fraction of sp³-hybridized carbons (Fsp3) is 0. The summed E-state index contributed by atoms with van der Waals surface area (Å²) in [6.07, 6.45) is 0. The van der Waals surface area contributed by atoms with Crippen LogP contribution in [0.15, 0.2) is 200 Å². The zero-order valence-electron chi connectivity index (χ0n) is 28.3. The van der Waals surface area contributed by atoms with Crippen molar-refractivity contribution in [2.45, 2.75) is 0 Å². The average Bonchev–Trinajstić information content (AvgIpc) is 3.76. The van der Waals surface area contributed by atoms with Crippen LogP contribution in [-0.4, -0.2) is 4.57 Å². The van der Waals surface area contributed by atoms with E-state index in [2.05, 4.69) is 215 Å². The molecule has 8 aromatic carbocycles. The van der Waals surface area contributed by atoms with E-state index >= 15 is 0 Å². The lowest BCUT2D eigenvalue weighted by atomic mass is 10.1. The van der Waals surface area contributed by atoms with Crippen LogP contribution in [0.1, 0.15) is 0 Å². The summed E-state index contributed by atoms with van der Waals surface area (Å²) in [6.45, 7) is 0. The normalized spacial score (nSPS) is 11.5. The largest absolute Gasteiger partial charge is 0.311 e. The molecule has 0 radical (unpaired) electrons. The first-order valence-electron chi connectivity index (χ1n) is 17.6. The van der Waals surface area contributed by atoms with E-state index in [0.717, 1.165) is 39.8 Å². The summed E-state index contributed by atoms with van der Waals surface area (Å²) in [6, 6.07) is 71.8. The van der Waals surface area contributed by atoms with Crippen molar-refractivity contribution >= 4 is 87.4 Å². The van der Waals surface area contributed by atoms with E-state index in [1.807, 2.05) is 11.3 Å². The lowest BCUT2D eigenvalue weighted by molar-refractivity contribution is 1.17. The minimum atomic E-state index is 1.11. The predicted octanol–water partition coefficient (Wildman–Crippen LogP) is 14.1. The van der Waals surface area contributed by atoms with Gasteiger partial charge in [-0.05, 0) is 97.1 Å². The Bertz CT molecular complexity index is 2750. The van der Waals surface area contributed by atoms with Crippen molar-refractivity contribution in [1.82, 2.24) is 4.57 Å². The van der Waals surface area contributed by atoms with Gasteiger partial charge in [-0.25, -0.2) is 0 Å². The van der Waals surface area contributed by atoms with E-state index in [1.165, 1.54) is 42.0 Å². The van der Waals surface area contributed by atoms with E-state index in [0.29, 0.717) is 0 Å². The minimum Gasteiger partial charge on any atom is -0.311 e. The summed E-state index contributed by atoms with van der Waals surface area (Å²) in [5.41, 5.74) is 10.2. The van der Waals surface area contributed by atoms with Crippen LogP contribution in [0.4, 0.5) is 34.1 Å². The summed E-state index contributed by atoms with van der Waals surface area (Å²) in [4.78, 5) is 4.66. The molecule has 0 aliphatic carbocycles. The highest BCUT2D eigenvalue weighted by Gasteiger charge is 2.21. The Labute approximate surface area is 306 Å². The molecule has 3 nitrogen and oxygen atoms in total. The van der Waals surface area contributed by atoms with Crippen LogP contribution in [0, 0.1) is 0 Å². The molecule has 0 fully saturated rings. The van der Waals surface area contributed by atoms with E-state index in [4.69, 9.17) is 0 Å². The summed E-state index contributed by atoms with van der Waals surface area (Å²) >= 11 is 1.89. The molecule has 0 aliphatic rings. The first-order valence-corrected chi connectivity index (χ1v) is 18.4. The second-order valence-electron chi connectivity index (χ2n) is 13.0. The molecule has 0 saturated heterocycles. The first kappa shape index (κ1) is 30.2. The van der Waals surface area contributed by atoms with Crippen molar-refractivity contribution in [3.05, 3.63) is 200 Å². The third-order valence-electron chi connectivity index (χ3n) is 9.94. The number of hydrogen-bond acceptors (Lipinski definition) is 3. The highest BCUT2D eigenvalue weighted by molar-refractivity contribution is 7.26. The van der Waals surface area contributed by atoms with E-state index in [1.54, 1.807) is 0 Å². The molecule has 0 amide bonds. The van der Waals surface area contributed by atoms with E-state index in [9.17, 15) is 0 Å². The highest BCUT2D eigenvalue weighted by Crippen LogP contribution is 2.45. The monoisotopic (exact) mass is 683 g/mol. The van der Waals surface area contributed by atoms with Crippen LogP contribution < -0.4 is 9.80 Å². The topological polar surface area (TPSA) is 11.4 Å². The Morgan fingerprint density at radius 2 is 0.808 bits per heavy atom. The van der Waals surface area contributed by atoms with Gasteiger partial charge < -0.3 is 14.4 Å². The Kier molecular flexibility index (Phi) is 7.33. The lowest BCUT2D eigenvalue weighted by Crippen LogP contribution is -2.10. The second-order valence-corrected chi connectivity index (χ2v) is 14.1. The first-order chi connectivity index (χ1) is 25.8. The van der Waals surface area contributed by atoms with Crippen LogP contribution >= 0.6 is 11.3 Å². The van der Waals surface area contributed by atoms with Crippen LogP contribution in [0.2, 0.25) is 0 Å². The van der Waals surface area contributed by atoms with Gasteiger partial charge in [-0.15, -0.1) is 11.3 Å². The zero-order valence-corrected chi connectivity index (χ0v) is 29.1. The predicted molar refractivity (Wildman–Crippen MR) is 223 cm³/mol. The fourth-order valence-corrected chi connectivity index (χ4v) is 8.90. The molecule has 10 rings (SSSR count). The number of nitrogens with zero attached hydrogens (tertiary/aromatic N) is 3. The number of rotatable bonds is 7. The van der Waals surface area contributed by atoms with Gasteiger partial charge in [-0.1, -0.05) is 103 Å². The smallest absolute Gasteiger partial charge is 0.0562 e. The van der Waals surface area contributed by atoms with Gasteiger partial charge in [-0.2, -0.15) is 0 Å². The molecule has 0 aliphatic heterocycles. The Morgan fingerprint density at radius 3 is 1.38 bits per heavy atom. The quantitative estimate of drug-likeness (QED) is 0.166. The van der Waals surface area contributed by atoms with Crippen LogP contribution in [0.25, 0.3) is 47.7 Å². The molecule has 0 N–H and O–H groups in total. The van der Waals surface area contributed by atoms with Crippen molar-refractivity contribution in [2.75, 3.05) is 9.80 Å². The molecule has 0 saturated carbocycles. The summed E-state index contributed by atoms with van der Waals surface area (Å²) in [5.74, 6) is 0. The molecular weight excluding hydrogens is 651 g/mol. The molecule has 0 bridgehead atoms. The van der Waals surface area contributed by atoms with E-state index in [-0.39, 0.29) is 0 Å². The molecule has 0 atom stereocenters. The number of anilines is 6. The fourth-order valence-electron chi connectivity index (χ4n) is 7.64. The SMILES string of the molecule is c1ccc(N(c2ccccc2)c2ccc(-n3c4cc(N(c5ccccc5)c5ccccc5)ccc4c4c5sc6ccccc6c5ccc43)cc2)cc1. The molecule has 246 valence electrons. The molecule has 4 heteroatoms. The summed E-state index contributed by atoms with van der Waals surface area (Å²) < 4.78 is 5.09. The molecule has 0 unspecified atom stereocenters.